The van der Waals surface area contributed by atoms with Crippen LogP contribution in [0, 0.1) is 0 Å². The first kappa shape index (κ1) is 9.70. The van der Waals surface area contributed by atoms with E-state index in [1.807, 2.05) is 30.3 Å². The average molecular weight is 356 g/mol. The summed E-state index contributed by atoms with van der Waals surface area (Å²) in [6, 6.07) is 8.58. The molecule has 0 aliphatic heterocycles. The van der Waals surface area contributed by atoms with E-state index in [1.165, 1.54) is 0 Å². The van der Waals surface area contributed by atoms with E-state index in [0.29, 0.717) is 5.56 Å². The molecule has 0 fully saturated rings. The summed E-state index contributed by atoms with van der Waals surface area (Å²) in [5, 5.41) is 21.9. The Morgan fingerprint density at radius 1 is 0.667 bits per heavy atom. The molecule has 0 heterocycles. The minimum atomic E-state index is -2.26. The van der Waals surface area contributed by atoms with Gasteiger partial charge in [-0.25, -0.2) is 0 Å². The van der Waals surface area contributed by atoms with Crippen LogP contribution in [0.15, 0.2) is 90.8 Å². The summed E-state index contributed by atoms with van der Waals surface area (Å²) in [6.45, 7) is 0. The third-order valence-corrected chi connectivity index (χ3v) is 4.71. The maximum absolute atomic E-state index is 10.3. The molecular weight excluding hydrogens is 331 g/mol. The Bertz CT molecular complexity index is 1640. The predicted molar refractivity (Wildman–Crippen MR) is 114 cm³/mol. The fourth-order valence-corrected chi connectivity index (χ4v) is 3.55. The van der Waals surface area contributed by atoms with Gasteiger partial charge in [0.15, 0.2) is 0 Å². The summed E-state index contributed by atoms with van der Waals surface area (Å²) < 4.78 is 67.2. The SMILES string of the molecule is [2H]c1c([2H])c([2H])c2c(-c3ccc4ccccc4c3)c3c([2H])c([2H])c([2H])c([2H])c3c(B(O)O)c2c1[2H]. The molecule has 5 aromatic carbocycles. The second-order valence-corrected chi connectivity index (χ2v) is 6.22. The third-order valence-electron chi connectivity index (χ3n) is 4.71. The van der Waals surface area contributed by atoms with Gasteiger partial charge in [-0.15, -0.1) is 0 Å². The van der Waals surface area contributed by atoms with Gasteiger partial charge in [0.25, 0.3) is 0 Å². The highest BCUT2D eigenvalue weighted by Crippen LogP contribution is 2.36. The van der Waals surface area contributed by atoms with Crippen LogP contribution in [0.25, 0.3) is 43.4 Å². The zero-order valence-electron chi connectivity index (χ0n) is 22.0. The van der Waals surface area contributed by atoms with Gasteiger partial charge in [0, 0.05) is 0 Å². The Morgan fingerprint density at radius 3 is 1.81 bits per heavy atom. The molecule has 128 valence electrons. The highest BCUT2D eigenvalue weighted by atomic mass is 16.4. The zero-order valence-corrected chi connectivity index (χ0v) is 14.0. The van der Waals surface area contributed by atoms with Gasteiger partial charge in [-0.3, -0.25) is 0 Å². The van der Waals surface area contributed by atoms with E-state index in [-0.39, 0.29) is 27.1 Å². The van der Waals surface area contributed by atoms with Crippen LogP contribution in [-0.2, 0) is 0 Å². The first-order valence-electron chi connectivity index (χ1n) is 12.4. The van der Waals surface area contributed by atoms with Crippen LogP contribution in [0.1, 0.15) is 11.0 Å². The molecular formula is C24H17BO2. The number of hydrogen-bond acceptors (Lipinski definition) is 2. The van der Waals surface area contributed by atoms with Crippen molar-refractivity contribution in [1.82, 2.24) is 0 Å². The van der Waals surface area contributed by atoms with Crippen LogP contribution in [0.4, 0.5) is 0 Å². The lowest BCUT2D eigenvalue weighted by atomic mass is 9.72. The van der Waals surface area contributed by atoms with Crippen molar-refractivity contribution < 1.29 is 21.0 Å². The van der Waals surface area contributed by atoms with Gasteiger partial charge in [0.2, 0.25) is 0 Å². The van der Waals surface area contributed by atoms with Crippen molar-refractivity contribution in [3.8, 4) is 11.1 Å². The molecule has 0 aliphatic rings. The van der Waals surface area contributed by atoms with Crippen molar-refractivity contribution in [3.63, 3.8) is 0 Å². The Labute approximate surface area is 168 Å². The largest absolute Gasteiger partial charge is 0.489 e. The van der Waals surface area contributed by atoms with E-state index in [4.69, 9.17) is 11.0 Å². The second kappa shape index (κ2) is 6.24. The molecule has 0 radical (unpaired) electrons. The second-order valence-electron chi connectivity index (χ2n) is 6.22. The molecule has 0 spiro atoms. The van der Waals surface area contributed by atoms with Gasteiger partial charge in [0.1, 0.15) is 0 Å². The van der Waals surface area contributed by atoms with E-state index in [1.54, 1.807) is 12.1 Å². The number of benzene rings is 5. The van der Waals surface area contributed by atoms with Crippen LogP contribution >= 0.6 is 0 Å². The number of rotatable bonds is 2. The average Bonchev–Trinajstić information content (AvgIpc) is 2.86. The lowest BCUT2D eigenvalue weighted by Gasteiger charge is -2.17. The maximum Gasteiger partial charge on any atom is 0.489 e. The number of hydrogen-bond donors (Lipinski definition) is 2. The Balaban J connectivity index is 2.19. The van der Waals surface area contributed by atoms with E-state index in [9.17, 15) is 10.0 Å². The van der Waals surface area contributed by atoms with E-state index in [2.05, 4.69) is 0 Å². The Hall–Kier alpha value is -3.14. The Morgan fingerprint density at radius 2 is 1.22 bits per heavy atom. The van der Waals surface area contributed by atoms with Crippen molar-refractivity contribution in [1.29, 1.82) is 0 Å². The van der Waals surface area contributed by atoms with Crippen LogP contribution in [0.5, 0.6) is 0 Å². The fourth-order valence-electron chi connectivity index (χ4n) is 3.55. The summed E-state index contributed by atoms with van der Waals surface area (Å²) in [5.41, 5.74) is 0.246. The van der Waals surface area contributed by atoms with Gasteiger partial charge in [-0.1, -0.05) is 84.7 Å². The third kappa shape index (κ3) is 2.52. The van der Waals surface area contributed by atoms with Crippen molar-refractivity contribution in [2.45, 2.75) is 0 Å². The molecule has 0 saturated heterocycles. The molecule has 0 aliphatic carbocycles. The molecule has 5 aromatic rings. The highest BCUT2D eigenvalue weighted by molar-refractivity contribution is 6.66. The molecule has 0 unspecified atom stereocenters. The summed E-state index contributed by atoms with van der Waals surface area (Å²) in [6.07, 6.45) is 0. The summed E-state index contributed by atoms with van der Waals surface area (Å²) >= 11 is 0. The van der Waals surface area contributed by atoms with Crippen LogP contribution in [0.2, 0.25) is 0 Å². The predicted octanol–water partition coefficient (Wildman–Crippen LogP) is 4.49. The van der Waals surface area contributed by atoms with Gasteiger partial charge < -0.3 is 10.0 Å². The molecule has 0 saturated carbocycles. The summed E-state index contributed by atoms with van der Waals surface area (Å²) in [4.78, 5) is 0. The van der Waals surface area contributed by atoms with Crippen molar-refractivity contribution in [2.75, 3.05) is 0 Å². The molecule has 0 atom stereocenters. The normalized spacial score (nSPS) is 15.5. The van der Waals surface area contributed by atoms with E-state index in [0.717, 1.165) is 10.8 Å². The van der Waals surface area contributed by atoms with Crippen molar-refractivity contribution in [2.24, 2.45) is 0 Å². The van der Waals surface area contributed by atoms with E-state index < -0.39 is 60.9 Å². The molecule has 0 aromatic heterocycles. The molecule has 2 nitrogen and oxygen atoms in total. The molecule has 2 N–H and O–H groups in total. The van der Waals surface area contributed by atoms with Crippen molar-refractivity contribution >= 4 is 44.9 Å². The zero-order chi connectivity index (χ0) is 25.3. The quantitative estimate of drug-likeness (QED) is 0.361. The van der Waals surface area contributed by atoms with Gasteiger partial charge in [-0.2, -0.15) is 0 Å². The standard InChI is InChI=1S/C24H17BO2/c26-25(27)24-21-11-5-3-9-19(21)23(20-10-4-6-12-22(20)24)18-14-13-16-7-1-2-8-17(16)15-18/h1-15,26-27H/i3D,4D,5D,6D,9D,10D,11D,12D. The molecule has 0 bridgehead atoms. The summed E-state index contributed by atoms with van der Waals surface area (Å²) in [7, 11) is -2.26. The summed E-state index contributed by atoms with van der Waals surface area (Å²) in [5.74, 6) is 0. The molecule has 5 rings (SSSR count). The minimum Gasteiger partial charge on any atom is -0.423 e. The monoisotopic (exact) mass is 356 g/mol. The lowest BCUT2D eigenvalue weighted by molar-refractivity contribution is 0.426. The number of fused-ring (bicyclic) bond motifs is 3. The molecule has 0 amide bonds. The molecule has 27 heavy (non-hydrogen) atoms. The van der Waals surface area contributed by atoms with Crippen LogP contribution < -0.4 is 5.46 Å². The Kier molecular flexibility index (Phi) is 2.24. The topological polar surface area (TPSA) is 40.5 Å². The molecule has 3 heteroatoms. The van der Waals surface area contributed by atoms with Gasteiger partial charge in [0.05, 0.1) is 11.0 Å². The maximum atomic E-state index is 10.3. The fraction of sp³-hybridized carbons (Fsp3) is 0. The van der Waals surface area contributed by atoms with E-state index >= 15 is 0 Å². The van der Waals surface area contributed by atoms with Crippen LogP contribution in [0.3, 0.4) is 0 Å². The van der Waals surface area contributed by atoms with Gasteiger partial charge in [-0.05, 0) is 55.0 Å². The van der Waals surface area contributed by atoms with Gasteiger partial charge >= 0.3 is 7.12 Å². The minimum absolute atomic E-state index is 0.0492. The van der Waals surface area contributed by atoms with Crippen molar-refractivity contribution in [3.05, 3.63) is 90.8 Å². The first-order valence-corrected chi connectivity index (χ1v) is 8.37. The lowest BCUT2D eigenvalue weighted by Crippen LogP contribution is -2.31. The first-order chi connectivity index (χ1) is 16.6. The highest BCUT2D eigenvalue weighted by Gasteiger charge is 2.22. The van der Waals surface area contributed by atoms with Crippen LogP contribution in [-0.4, -0.2) is 17.2 Å². The smallest absolute Gasteiger partial charge is 0.423 e.